The Morgan fingerprint density at radius 3 is 2.28 bits per heavy atom. The van der Waals surface area contributed by atoms with E-state index < -0.39 is 8.07 Å². The van der Waals surface area contributed by atoms with Crippen molar-refractivity contribution in [3.63, 3.8) is 0 Å². The van der Waals surface area contributed by atoms with E-state index in [9.17, 15) is 0 Å². The molecule has 3 heterocycles. The van der Waals surface area contributed by atoms with E-state index in [2.05, 4.69) is 86.1 Å². The van der Waals surface area contributed by atoms with Crippen LogP contribution in [0, 0.1) is 30.8 Å². The fraction of sp³-hybridized carbons (Fsp3) is 0.277. The minimum absolute atomic E-state index is 0. The smallest absolute Gasteiger partial charge is 0.165 e. The third kappa shape index (κ3) is 8.78. The van der Waals surface area contributed by atoms with Gasteiger partial charge < -0.3 is 14.4 Å². The van der Waals surface area contributed by atoms with Crippen molar-refractivity contribution < 1.29 is 28.9 Å². The zero-order chi connectivity index (χ0) is 36.4. The van der Waals surface area contributed by atoms with Gasteiger partial charge in [-0.05, 0) is 71.1 Å². The van der Waals surface area contributed by atoms with Crippen molar-refractivity contribution in [1.82, 2.24) is 9.97 Å². The SMILES string of the molecule is CC(C)c1cc(-c2[c-]cccc2)ncc1[Si](C)(C)C.Cc1ccc(-c2cc(F)c3oc4c[c-]c(-c5cc(CC6CCCC6)ccn5)cc4c3c2)cc1.[Ir]. The molecule has 3 aromatic heterocycles. The molecule has 0 aliphatic heterocycles. The molecule has 0 atom stereocenters. The third-order valence-corrected chi connectivity index (χ3v) is 12.3. The van der Waals surface area contributed by atoms with Crippen molar-refractivity contribution in [2.45, 2.75) is 78.4 Å². The summed E-state index contributed by atoms with van der Waals surface area (Å²) in [6, 6.07) is 36.7. The Balaban J connectivity index is 0.000000206. The van der Waals surface area contributed by atoms with Gasteiger partial charge in [0, 0.05) is 37.9 Å². The van der Waals surface area contributed by atoms with Crippen LogP contribution in [-0.4, -0.2) is 18.0 Å². The number of furan rings is 1. The molecule has 1 aliphatic carbocycles. The Morgan fingerprint density at radius 2 is 1.58 bits per heavy atom. The molecule has 1 saturated carbocycles. The largest absolute Gasteiger partial charge is 0.497 e. The molecule has 1 radical (unpaired) electrons. The van der Waals surface area contributed by atoms with Gasteiger partial charge in [-0.15, -0.1) is 59.7 Å². The zero-order valence-electron chi connectivity index (χ0n) is 31.5. The molecule has 1 fully saturated rings. The predicted molar refractivity (Wildman–Crippen MR) is 217 cm³/mol. The molecule has 8 rings (SSSR count). The summed E-state index contributed by atoms with van der Waals surface area (Å²) in [5, 5.41) is 3.13. The van der Waals surface area contributed by atoms with Crippen LogP contribution >= 0.6 is 0 Å². The maximum atomic E-state index is 15.0. The van der Waals surface area contributed by atoms with E-state index >= 15 is 4.39 Å². The summed E-state index contributed by atoms with van der Waals surface area (Å²) in [5.41, 5.74) is 10.6. The second-order valence-electron chi connectivity index (χ2n) is 15.7. The van der Waals surface area contributed by atoms with Crippen molar-refractivity contribution in [1.29, 1.82) is 0 Å². The average molecular weight is 895 g/mol. The summed E-state index contributed by atoms with van der Waals surface area (Å²) in [5.74, 6) is 0.970. The van der Waals surface area contributed by atoms with Gasteiger partial charge in [-0.2, -0.15) is 0 Å². The number of aryl methyl sites for hydroxylation is 1. The van der Waals surface area contributed by atoms with Crippen LogP contribution in [0.3, 0.4) is 0 Å². The molecule has 7 aromatic rings. The topological polar surface area (TPSA) is 38.9 Å². The van der Waals surface area contributed by atoms with Gasteiger partial charge >= 0.3 is 0 Å². The first kappa shape index (κ1) is 38.5. The maximum Gasteiger partial charge on any atom is 0.165 e. The molecular formula is C47H47FIrN2OSi-2. The Labute approximate surface area is 328 Å². The van der Waals surface area contributed by atoms with E-state index in [1.807, 2.05) is 67.7 Å². The normalized spacial score (nSPS) is 13.3. The van der Waals surface area contributed by atoms with Gasteiger partial charge in [-0.25, -0.2) is 4.39 Å². The first-order valence-corrected chi connectivity index (χ1v) is 22.1. The number of rotatable bonds is 7. The molecule has 0 amide bonds. The molecule has 0 unspecified atom stereocenters. The van der Waals surface area contributed by atoms with Gasteiger partial charge in [-0.1, -0.05) is 118 Å². The van der Waals surface area contributed by atoms with Gasteiger partial charge in [0.2, 0.25) is 0 Å². The van der Waals surface area contributed by atoms with Gasteiger partial charge in [0.25, 0.3) is 0 Å². The molecule has 0 spiro atoms. The Morgan fingerprint density at radius 1 is 0.830 bits per heavy atom. The summed E-state index contributed by atoms with van der Waals surface area (Å²) < 4.78 is 20.9. The number of hydrogen-bond acceptors (Lipinski definition) is 3. The Bertz CT molecular complexity index is 2320. The summed E-state index contributed by atoms with van der Waals surface area (Å²) in [7, 11) is -1.34. The monoisotopic (exact) mass is 895 g/mol. The molecule has 0 saturated heterocycles. The van der Waals surface area contributed by atoms with Crippen LogP contribution in [0.2, 0.25) is 19.6 Å². The van der Waals surface area contributed by atoms with Crippen LogP contribution in [0.25, 0.3) is 55.6 Å². The first-order valence-electron chi connectivity index (χ1n) is 18.6. The van der Waals surface area contributed by atoms with Crippen molar-refractivity contribution in [3.8, 4) is 33.6 Å². The van der Waals surface area contributed by atoms with Crippen LogP contribution < -0.4 is 5.19 Å². The molecule has 0 N–H and O–H groups in total. The average Bonchev–Trinajstić information content (AvgIpc) is 3.80. The van der Waals surface area contributed by atoms with Crippen LogP contribution in [0.15, 0.2) is 108 Å². The number of nitrogens with zero attached hydrogens (tertiary/aromatic N) is 2. The van der Waals surface area contributed by atoms with E-state index in [1.165, 1.54) is 47.6 Å². The summed E-state index contributed by atoms with van der Waals surface area (Å²) in [6.07, 6.45) is 10.4. The molecular weight excluding hydrogens is 848 g/mol. The van der Waals surface area contributed by atoms with E-state index in [4.69, 9.17) is 4.42 Å². The molecule has 6 heteroatoms. The van der Waals surface area contributed by atoms with Crippen molar-refractivity contribution >= 4 is 35.2 Å². The van der Waals surface area contributed by atoms with E-state index in [0.717, 1.165) is 56.8 Å². The summed E-state index contributed by atoms with van der Waals surface area (Å²) in [4.78, 5) is 9.27. The van der Waals surface area contributed by atoms with Gasteiger partial charge in [0.1, 0.15) is 0 Å². The minimum atomic E-state index is -1.34. The van der Waals surface area contributed by atoms with Gasteiger partial charge in [-0.3, -0.25) is 0 Å². The van der Waals surface area contributed by atoms with E-state index in [-0.39, 0.29) is 31.5 Å². The van der Waals surface area contributed by atoms with Crippen LogP contribution in [0.5, 0.6) is 0 Å². The third-order valence-electron chi connectivity index (χ3n) is 10.3. The molecule has 273 valence electrons. The number of fused-ring (bicyclic) bond motifs is 3. The molecule has 3 nitrogen and oxygen atoms in total. The van der Waals surface area contributed by atoms with E-state index in [1.54, 1.807) is 12.1 Å². The fourth-order valence-corrected chi connectivity index (χ4v) is 9.09. The van der Waals surface area contributed by atoms with Crippen LogP contribution in [-0.2, 0) is 26.5 Å². The molecule has 53 heavy (non-hydrogen) atoms. The first-order chi connectivity index (χ1) is 25.0. The van der Waals surface area contributed by atoms with Gasteiger partial charge in [0.15, 0.2) is 11.4 Å². The second kappa shape index (κ2) is 16.4. The molecule has 0 bridgehead atoms. The quantitative estimate of drug-likeness (QED) is 0.118. The zero-order valence-corrected chi connectivity index (χ0v) is 34.9. The number of pyridine rings is 2. The van der Waals surface area contributed by atoms with Crippen molar-refractivity contribution in [3.05, 3.63) is 138 Å². The Kier molecular flexibility index (Phi) is 11.9. The number of hydrogen-bond donors (Lipinski definition) is 0. The van der Waals surface area contributed by atoms with Crippen molar-refractivity contribution in [2.75, 3.05) is 0 Å². The fourth-order valence-electron chi connectivity index (χ4n) is 7.41. The van der Waals surface area contributed by atoms with Gasteiger partial charge in [0.05, 0.1) is 13.7 Å². The van der Waals surface area contributed by atoms with E-state index in [0.29, 0.717) is 11.5 Å². The van der Waals surface area contributed by atoms with Crippen LogP contribution in [0.1, 0.15) is 62.1 Å². The molecule has 1 aliphatic rings. The molecule has 4 aromatic carbocycles. The number of halogens is 1. The maximum absolute atomic E-state index is 15.0. The second-order valence-corrected chi connectivity index (χ2v) is 20.7. The predicted octanol–water partition coefficient (Wildman–Crippen LogP) is 12.5. The number of aromatic nitrogens is 2. The van der Waals surface area contributed by atoms with Crippen molar-refractivity contribution in [2.24, 2.45) is 5.92 Å². The summed E-state index contributed by atoms with van der Waals surface area (Å²) in [6.45, 7) is 13.7. The standard InChI is InChI=1S/C30H25FNO.C17H22NSi.Ir/c1-19-6-8-22(9-7-19)24-17-26-25-16-23(10-11-29(25)33-30(26)27(31)18-24)28-15-21(12-13-32-28)14-20-4-2-3-5-20;1-13(2)15-11-16(14-9-7-6-8-10-14)18-12-17(15)19(3,4)5;/h6-9,11-13,15-18,20H,2-5,14H2,1H3;6-9,11-13H,1-5H3;/q2*-1;. The Hall–Kier alpha value is -4.22. The minimum Gasteiger partial charge on any atom is -0.497 e. The number of benzene rings is 4. The van der Waals surface area contributed by atoms with Crippen LogP contribution in [0.4, 0.5) is 4.39 Å². The summed E-state index contributed by atoms with van der Waals surface area (Å²) >= 11 is 0.